The highest BCUT2D eigenvalue weighted by Crippen LogP contribution is 2.51. The Bertz CT molecular complexity index is 2070. The second kappa shape index (κ2) is 11.3. The molecule has 2 aromatic rings. The molecule has 234 valence electrons. The molecule has 7 aliphatic carbocycles. The largest absolute Gasteiger partial charge is 0.485 e. The fourth-order valence-electron chi connectivity index (χ4n) is 10.3. The van der Waals surface area contributed by atoms with E-state index < -0.39 is 0 Å². The van der Waals surface area contributed by atoms with Gasteiger partial charge in [0.15, 0.2) is 0 Å². The molecule has 0 amide bonds. The Hall–Kier alpha value is -4.10. The van der Waals surface area contributed by atoms with Gasteiger partial charge in [-0.25, -0.2) is 0 Å². The maximum Gasteiger partial charge on any atom is 0.127 e. The van der Waals surface area contributed by atoms with Gasteiger partial charge in [0.1, 0.15) is 11.9 Å². The van der Waals surface area contributed by atoms with Gasteiger partial charge >= 0.3 is 0 Å². The Morgan fingerprint density at radius 1 is 0.787 bits per heavy atom. The van der Waals surface area contributed by atoms with E-state index in [0.717, 1.165) is 25.0 Å². The van der Waals surface area contributed by atoms with Crippen molar-refractivity contribution in [2.75, 3.05) is 0 Å². The summed E-state index contributed by atoms with van der Waals surface area (Å²) in [5.41, 5.74) is 15.2. The predicted octanol–water partition coefficient (Wildman–Crippen LogP) is 9.79. The summed E-state index contributed by atoms with van der Waals surface area (Å²) in [4.78, 5) is 0. The Morgan fingerprint density at radius 3 is 2.66 bits per heavy atom. The molecular weight excluding hydrogens is 569 g/mol. The molecule has 10 rings (SSSR count). The molecule has 1 aliphatic heterocycles. The number of rotatable bonds is 3. The third kappa shape index (κ3) is 4.56. The summed E-state index contributed by atoms with van der Waals surface area (Å²) in [5.74, 6) is 3.24. The maximum absolute atomic E-state index is 6.73. The molecule has 0 bridgehead atoms. The van der Waals surface area contributed by atoms with Crippen LogP contribution in [0.1, 0.15) is 87.7 Å². The summed E-state index contributed by atoms with van der Waals surface area (Å²) in [5, 5.41) is 2.90. The topological polar surface area (TPSA) is 9.23 Å². The van der Waals surface area contributed by atoms with Gasteiger partial charge in [-0.3, -0.25) is 0 Å². The molecule has 0 N–H and O–H groups in total. The van der Waals surface area contributed by atoms with Crippen LogP contribution >= 0.6 is 0 Å². The highest BCUT2D eigenvalue weighted by atomic mass is 16.5. The molecule has 2 aromatic carbocycles. The molecule has 0 aromatic heterocycles. The second-order valence-electron chi connectivity index (χ2n) is 15.0. The van der Waals surface area contributed by atoms with Crippen molar-refractivity contribution in [3.63, 3.8) is 0 Å². The van der Waals surface area contributed by atoms with Crippen LogP contribution in [0.15, 0.2) is 137 Å². The average Bonchev–Trinajstić information content (AvgIpc) is 3.52. The van der Waals surface area contributed by atoms with Crippen LogP contribution in [0, 0.1) is 17.8 Å². The minimum absolute atomic E-state index is 0.233. The Morgan fingerprint density at radius 2 is 1.72 bits per heavy atom. The molecule has 0 saturated heterocycles. The molecule has 5 unspecified atom stereocenters. The lowest BCUT2D eigenvalue weighted by Gasteiger charge is -2.36. The van der Waals surface area contributed by atoms with Crippen LogP contribution in [0.4, 0.5) is 0 Å². The monoisotopic (exact) mass is 612 g/mol. The number of ether oxygens (including phenoxy) is 1. The quantitative estimate of drug-likeness (QED) is 0.335. The van der Waals surface area contributed by atoms with Gasteiger partial charge in [0, 0.05) is 23.3 Å². The zero-order valence-corrected chi connectivity index (χ0v) is 27.4. The van der Waals surface area contributed by atoms with Gasteiger partial charge < -0.3 is 4.74 Å². The fraction of sp³-hybridized carbons (Fsp3) is 0.348. The number of fused-ring (bicyclic) bond motifs is 7. The van der Waals surface area contributed by atoms with Crippen molar-refractivity contribution in [2.45, 2.75) is 82.7 Å². The molecule has 1 nitrogen and oxygen atoms in total. The van der Waals surface area contributed by atoms with E-state index >= 15 is 0 Å². The molecule has 1 heterocycles. The lowest BCUT2D eigenvalue weighted by atomic mass is 9.68. The third-order valence-electron chi connectivity index (χ3n) is 12.6. The number of hydrogen-bond donors (Lipinski definition) is 0. The fourth-order valence-corrected chi connectivity index (χ4v) is 10.3. The summed E-state index contributed by atoms with van der Waals surface area (Å²) in [7, 11) is 0. The van der Waals surface area contributed by atoms with Crippen LogP contribution in [-0.2, 0) is 0 Å². The normalized spacial score (nSPS) is 30.1. The Balaban J connectivity index is 1.04. The van der Waals surface area contributed by atoms with Gasteiger partial charge in [0.2, 0.25) is 0 Å². The standard InChI is InChI=1S/C46H44O/c1-2-11-33-27-34(22-19-29(33)9-1)30-17-20-32(21-18-30)44-37-13-5-7-15-39(37)45(40-16-8-6-14-38(40)44)35-24-26-43-42(28-35)41-25-23-31-10-3-4-12-36(31)46(41)47-43/h1,3,5,7,9-10,13,15-20,22,24,26,28,32-33,38,41,46H,2,4,6,8,11-12,14,21,23,25,27H2. The first-order valence-corrected chi connectivity index (χ1v) is 18.5. The van der Waals surface area contributed by atoms with E-state index in [2.05, 4.69) is 103 Å². The maximum atomic E-state index is 6.73. The molecule has 0 spiro atoms. The predicted molar refractivity (Wildman–Crippen MR) is 193 cm³/mol. The summed E-state index contributed by atoms with van der Waals surface area (Å²) >= 11 is 0. The Labute approximate surface area is 279 Å². The molecule has 47 heavy (non-hydrogen) atoms. The van der Waals surface area contributed by atoms with Gasteiger partial charge in [-0.2, -0.15) is 0 Å². The SMILES string of the molecule is C1=CC2=C(CC1)C1Oc3ccc(C4=c5ccccc5=C(C5C=CC(C6=CC=C7C=CCCC7C6)=CC5)C5CCCC=C45)cc3C1CC2. The van der Waals surface area contributed by atoms with Crippen LogP contribution < -0.4 is 15.2 Å². The Kier molecular flexibility index (Phi) is 6.70. The smallest absolute Gasteiger partial charge is 0.127 e. The van der Waals surface area contributed by atoms with Gasteiger partial charge in [-0.05, 0) is 149 Å². The highest BCUT2D eigenvalue weighted by molar-refractivity contribution is 5.86. The van der Waals surface area contributed by atoms with Crippen LogP contribution in [0.5, 0.6) is 5.75 Å². The van der Waals surface area contributed by atoms with Crippen molar-refractivity contribution in [1.82, 2.24) is 0 Å². The second-order valence-corrected chi connectivity index (χ2v) is 15.0. The zero-order chi connectivity index (χ0) is 30.9. The van der Waals surface area contributed by atoms with Crippen LogP contribution in [-0.4, -0.2) is 6.10 Å². The van der Waals surface area contributed by atoms with E-state index in [0.29, 0.717) is 23.7 Å². The van der Waals surface area contributed by atoms with E-state index in [9.17, 15) is 0 Å². The first-order valence-electron chi connectivity index (χ1n) is 18.5. The van der Waals surface area contributed by atoms with E-state index in [1.165, 1.54) is 95.2 Å². The van der Waals surface area contributed by atoms with E-state index in [4.69, 9.17) is 4.74 Å². The summed E-state index contributed by atoms with van der Waals surface area (Å²) in [6.07, 6.45) is 37.8. The third-order valence-corrected chi connectivity index (χ3v) is 12.6. The molecule has 8 aliphatic rings. The molecule has 1 heteroatoms. The molecule has 5 atom stereocenters. The van der Waals surface area contributed by atoms with Crippen LogP contribution in [0.25, 0.3) is 11.1 Å². The zero-order valence-electron chi connectivity index (χ0n) is 27.4. The number of allylic oxidation sites excluding steroid dienone is 15. The minimum Gasteiger partial charge on any atom is -0.485 e. The average molecular weight is 613 g/mol. The van der Waals surface area contributed by atoms with Crippen LogP contribution in [0.2, 0.25) is 0 Å². The molecule has 0 saturated carbocycles. The van der Waals surface area contributed by atoms with Crippen molar-refractivity contribution in [2.24, 2.45) is 17.8 Å². The molecule has 0 fully saturated rings. The van der Waals surface area contributed by atoms with Gasteiger partial charge in [-0.1, -0.05) is 91.1 Å². The summed E-state index contributed by atoms with van der Waals surface area (Å²) < 4.78 is 6.73. The van der Waals surface area contributed by atoms with E-state index in [-0.39, 0.29) is 6.10 Å². The van der Waals surface area contributed by atoms with Crippen molar-refractivity contribution in [3.05, 3.63) is 158 Å². The van der Waals surface area contributed by atoms with Crippen molar-refractivity contribution in [3.8, 4) is 5.75 Å². The highest BCUT2D eigenvalue weighted by Gasteiger charge is 2.41. The summed E-state index contributed by atoms with van der Waals surface area (Å²) in [6.45, 7) is 0. The van der Waals surface area contributed by atoms with Crippen molar-refractivity contribution >= 4 is 11.1 Å². The summed E-state index contributed by atoms with van der Waals surface area (Å²) in [6, 6.07) is 16.5. The van der Waals surface area contributed by atoms with Gasteiger partial charge in [0.05, 0.1) is 0 Å². The van der Waals surface area contributed by atoms with Gasteiger partial charge in [0.25, 0.3) is 0 Å². The minimum atomic E-state index is 0.233. The van der Waals surface area contributed by atoms with Crippen LogP contribution in [0.3, 0.4) is 0 Å². The van der Waals surface area contributed by atoms with E-state index in [1.807, 2.05) is 0 Å². The molecular formula is C46H44O. The first kappa shape index (κ1) is 28.0. The van der Waals surface area contributed by atoms with Crippen molar-refractivity contribution in [1.29, 1.82) is 0 Å². The van der Waals surface area contributed by atoms with Crippen molar-refractivity contribution < 1.29 is 4.74 Å². The van der Waals surface area contributed by atoms with Gasteiger partial charge in [-0.15, -0.1) is 0 Å². The lowest BCUT2D eigenvalue weighted by molar-refractivity contribution is 0.223. The first-order chi connectivity index (χ1) is 23.3. The number of benzene rings is 2. The number of hydrogen-bond acceptors (Lipinski definition) is 1. The van der Waals surface area contributed by atoms with E-state index in [1.54, 1.807) is 22.3 Å². The molecule has 0 radical (unpaired) electrons. The lowest BCUT2D eigenvalue weighted by Crippen LogP contribution is -2.39.